The number of nitrogens with two attached hydrogens (primary N) is 1. The normalized spacial score (nSPS) is 16.5. The number of piperazine rings is 1. The highest BCUT2D eigenvalue weighted by Crippen LogP contribution is 2.30. The van der Waals surface area contributed by atoms with Crippen LogP contribution in [0.25, 0.3) is 0 Å². The lowest BCUT2D eigenvalue weighted by atomic mass is 10.1. The zero-order valence-electron chi connectivity index (χ0n) is 12.4. The molecule has 0 atom stereocenters. The first-order valence-corrected chi connectivity index (χ1v) is 7.90. The standard InChI is InChI=1S/C15H21Cl2N3O/c1-10(2)9-19-3-5-20(6-4-19)15(21)11-7-12(16)14(17)13(18)8-11/h7-8,10H,3-6,9,18H2,1-2H3. The van der Waals surface area contributed by atoms with Gasteiger partial charge in [0.2, 0.25) is 0 Å². The summed E-state index contributed by atoms with van der Waals surface area (Å²) >= 11 is 11.9. The lowest BCUT2D eigenvalue weighted by Crippen LogP contribution is -2.49. The van der Waals surface area contributed by atoms with Crippen LogP contribution in [-0.2, 0) is 0 Å². The molecule has 1 aliphatic heterocycles. The number of rotatable bonds is 3. The van der Waals surface area contributed by atoms with Crippen molar-refractivity contribution in [1.82, 2.24) is 9.80 Å². The number of nitrogen functional groups attached to an aromatic ring is 1. The first-order valence-electron chi connectivity index (χ1n) is 7.14. The lowest BCUT2D eigenvalue weighted by Gasteiger charge is -2.35. The van der Waals surface area contributed by atoms with Crippen LogP contribution in [0.2, 0.25) is 10.0 Å². The topological polar surface area (TPSA) is 49.6 Å². The van der Waals surface area contributed by atoms with Crippen LogP contribution in [0.4, 0.5) is 5.69 Å². The predicted molar refractivity (Wildman–Crippen MR) is 88.1 cm³/mol. The molecule has 0 unspecified atom stereocenters. The molecule has 2 rings (SSSR count). The summed E-state index contributed by atoms with van der Waals surface area (Å²) in [6.07, 6.45) is 0. The van der Waals surface area contributed by atoms with Gasteiger partial charge in [-0.2, -0.15) is 0 Å². The van der Waals surface area contributed by atoms with Gasteiger partial charge in [-0.05, 0) is 18.1 Å². The molecule has 1 amide bonds. The van der Waals surface area contributed by atoms with Crippen molar-refractivity contribution in [1.29, 1.82) is 0 Å². The minimum Gasteiger partial charge on any atom is -0.397 e. The molecule has 1 saturated heterocycles. The van der Waals surface area contributed by atoms with Gasteiger partial charge >= 0.3 is 0 Å². The number of amides is 1. The van der Waals surface area contributed by atoms with E-state index in [1.165, 1.54) is 0 Å². The summed E-state index contributed by atoms with van der Waals surface area (Å²) in [6, 6.07) is 3.18. The summed E-state index contributed by atoms with van der Waals surface area (Å²) in [5.74, 6) is 0.603. The van der Waals surface area contributed by atoms with E-state index in [9.17, 15) is 4.79 Å². The molecule has 1 aromatic carbocycles. The van der Waals surface area contributed by atoms with Crippen LogP contribution in [0.1, 0.15) is 24.2 Å². The van der Waals surface area contributed by atoms with Gasteiger partial charge in [0.25, 0.3) is 5.91 Å². The molecule has 1 fully saturated rings. The van der Waals surface area contributed by atoms with E-state index in [1.807, 2.05) is 4.90 Å². The molecule has 0 spiro atoms. The monoisotopic (exact) mass is 329 g/mol. The maximum Gasteiger partial charge on any atom is 0.254 e. The van der Waals surface area contributed by atoms with E-state index in [-0.39, 0.29) is 5.91 Å². The van der Waals surface area contributed by atoms with Crippen molar-refractivity contribution in [3.63, 3.8) is 0 Å². The van der Waals surface area contributed by atoms with Crippen molar-refractivity contribution >= 4 is 34.8 Å². The summed E-state index contributed by atoms with van der Waals surface area (Å²) in [7, 11) is 0. The van der Waals surface area contributed by atoms with E-state index in [2.05, 4.69) is 18.7 Å². The quantitative estimate of drug-likeness (QED) is 0.867. The van der Waals surface area contributed by atoms with E-state index in [4.69, 9.17) is 28.9 Å². The molecule has 2 N–H and O–H groups in total. The van der Waals surface area contributed by atoms with Crippen LogP contribution < -0.4 is 5.73 Å². The fourth-order valence-electron chi connectivity index (χ4n) is 2.57. The minimum absolute atomic E-state index is 0.0375. The van der Waals surface area contributed by atoms with E-state index in [0.29, 0.717) is 27.2 Å². The van der Waals surface area contributed by atoms with E-state index in [1.54, 1.807) is 12.1 Å². The maximum atomic E-state index is 12.5. The van der Waals surface area contributed by atoms with E-state index >= 15 is 0 Å². The molecule has 0 saturated carbocycles. The van der Waals surface area contributed by atoms with Crippen molar-refractivity contribution in [2.75, 3.05) is 38.5 Å². The first-order chi connectivity index (χ1) is 9.88. The number of benzene rings is 1. The molecule has 0 bridgehead atoms. The molecule has 0 radical (unpaired) electrons. The number of anilines is 1. The first kappa shape index (κ1) is 16.4. The largest absolute Gasteiger partial charge is 0.397 e. The third-order valence-corrected chi connectivity index (χ3v) is 4.40. The molecule has 21 heavy (non-hydrogen) atoms. The summed E-state index contributed by atoms with van der Waals surface area (Å²) in [6.45, 7) is 8.74. The highest BCUT2D eigenvalue weighted by atomic mass is 35.5. The zero-order chi connectivity index (χ0) is 15.6. The number of hydrogen-bond acceptors (Lipinski definition) is 3. The van der Waals surface area contributed by atoms with Crippen LogP contribution in [0.15, 0.2) is 12.1 Å². The molecule has 6 heteroatoms. The van der Waals surface area contributed by atoms with Gasteiger partial charge in [0.05, 0.1) is 15.7 Å². The van der Waals surface area contributed by atoms with Gasteiger partial charge < -0.3 is 10.6 Å². The highest BCUT2D eigenvalue weighted by Gasteiger charge is 2.23. The molecule has 4 nitrogen and oxygen atoms in total. The zero-order valence-corrected chi connectivity index (χ0v) is 13.9. The molecule has 0 aliphatic carbocycles. The molecular formula is C15H21Cl2N3O. The number of carbonyl (C=O) groups excluding carboxylic acids is 1. The Balaban J connectivity index is 2.02. The van der Waals surface area contributed by atoms with Crippen molar-refractivity contribution in [3.8, 4) is 0 Å². The number of halogens is 2. The molecule has 1 heterocycles. The van der Waals surface area contributed by atoms with Crippen molar-refractivity contribution in [2.24, 2.45) is 5.92 Å². The van der Waals surface area contributed by atoms with Gasteiger partial charge in [-0.1, -0.05) is 37.0 Å². The summed E-state index contributed by atoms with van der Waals surface area (Å²) < 4.78 is 0. The smallest absolute Gasteiger partial charge is 0.254 e. The average Bonchev–Trinajstić information content (AvgIpc) is 2.43. The Morgan fingerprint density at radius 1 is 1.24 bits per heavy atom. The summed E-state index contributed by atoms with van der Waals surface area (Å²) in [5.41, 5.74) is 6.61. The van der Waals surface area contributed by atoms with Gasteiger partial charge in [-0.15, -0.1) is 0 Å². The minimum atomic E-state index is -0.0375. The number of nitrogens with zero attached hydrogens (tertiary/aromatic N) is 2. The Labute approximate surface area is 135 Å². The second kappa shape index (κ2) is 6.86. The average molecular weight is 330 g/mol. The lowest BCUT2D eigenvalue weighted by molar-refractivity contribution is 0.0624. The van der Waals surface area contributed by atoms with Gasteiger partial charge in [0.1, 0.15) is 0 Å². The Hall–Kier alpha value is -0.970. The Kier molecular flexibility index (Phi) is 5.36. The molecule has 1 aliphatic rings. The van der Waals surface area contributed by atoms with Crippen LogP contribution >= 0.6 is 23.2 Å². The van der Waals surface area contributed by atoms with Gasteiger partial charge in [0.15, 0.2) is 0 Å². The maximum absolute atomic E-state index is 12.5. The fraction of sp³-hybridized carbons (Fsp3) is 0.533. The fourth-order valence-corrected chi connectivity index (χ4v) is 2.90. The van der Waals surface area contributed by atoms with Crippen LogP contribution in [0.5, 0.6) is 0 Å². The van der Waals surface area contributed by atoms with Crippen LogP contribution in [0.3, 0.4) is 0 Å². The molecule has 0 aromatic heterocycles. The predicted octanol–water partition coefficient (Wildman–Crippen LogP) is 2.99. The van der Waals surface area contributed by atoms with Gasteiger partial charge in [0, 0.05) is 38.3 Å². The SMILES string of the molecule is CC(C)CN1CCN(C(=O)c2cc(N)c(Cl)c(Cl)c2)CC1. The molecule has 116 valence electrons. The van der Waals surface area contributed by atoms with Crippen molar-refractivity contribution in [3.05, 3.63) is 27.7 Å². The summed E-state index contributed by atoms with van der Waals surface area (Å²) in [4.78, 5) is 16.7. The molecule has 1 aromatic rings. The third-order valence-electron chi connectivity index (χ3n) is 3.59. The van der Waals surface area contributed by atoms with E-state index in [0.717, 1.165) is 32.7 Å². The second-order valence-corrected chi connectivity index (χ2v) is 6.63. The third kappa shape index (κ3) is 4.02. The summed E-state index contributed by atoms with van der Waals surface area (Å²) in [5, 5.41) is 0.619. The molecular weight excluding hydrogens is 309 g/mol. The number of hydrogen-bond donors (Lipinski definition) is 1. The Bertz CT molecular complexity index is 503. The number of carbonyl (C=O) groups is 1. The van der Waals surface area contributed by atoms with Crippen LogP contribution in [-0.4, -0.2) is 48.4 Å². The Morgan fingerprint density at radius 2 is 1.86 bits per heavy atom. The van der Waals surface area contributed by atoms with Crippen molar-refractivity contribution in [2.45, 2.75) is 13.8 Å². The Morgan fingerprint density at radius 3 is 2.38 bits per heavy atom. The van der Waals surface area contributed by atoms with Gasteiger partial charge in [-0.3, -0.25) is 9.69 Å². The van der Waals surface area contributed by atoms with E-state index < -0.39 is 0 Å². The second-order valence-electron chi connectivity index (χ2n) is 5.85. The van der Waals surface area contributed by atoms with Crippen LogP contribution in [0, 0.1) is 5.92 Å². The van der Waals surface area contributed by atoms with Crippen molar-refractivity contribution < 1.29 is 4.79 Å². The van der Waals surface area contributed by atoms with Gasteiger partial charge in [-0.25, -0.2) is 0 Å². The highest BCUT2D eigenvalue weighted by molar-refractivity contribution is 6.43.